The van der Waals surface area contributed by atoms with E-state index in [2.05, 4.69) is 25.1 Å². The van der Waals surface area contributed by atoms with Crippen molar-refractivity contribution in [1.82, 2.24) is 29.7 Å². The maximum atomic E-state index is 13.3. The Bertz CT molecular complexity index is 1500. The highest BCUT2D eigenvalue weighted by Gasteiger charge is 2.35. The molecule has 1 aromatic carbocycles. The van der Waals surface area contributed by atoms with Crippen LogP contribution in [0.1, 0.15) is 55.6 Å². The summed E-state index contributed by atoms with van der Waals surface area (Å²) in [4.78, 5) is 14.6. The molecule has 0 unspecified atom stereocenters. The standard InChI is InChI=1S/C28H30F3N7O2/c1-16(2)38-14-22(28(29,30)31)34-25(38)19-8-6-17(7-9-19)13-37(3)21-12-20(35-36-26(21)39-4)23-24(18-10-11-18)32-15-33-27(23)40-5/h6-9,12,14-16,18H,10-11,13H2,1-5H3. The minimum Gasteiger partial charge on any atom is -0.480 e. The SMILES string of the molecule is COc1nnc(-c2c(OC)ncnc2C2CC2)cc1N(C)Cc1ccc(-c2nc(C(F)(F)F)cn2C(C)C)cc1. The Balaban J connectivity index is 1.43. The molecule has 1 saturated carbocycles. The zero-order valence-corrected chi connectivity index (χ0v) is 22.9. The van der Waals surface area contributed by atoms with Crippen molar-refractivity contribution in [2.75, 3.05) is 26.2 Å². The highest BCUT2D eigenvalue weighted by atomic mass is 19.4. The lowest BCUT2D eigenvalue weighted by molar-refractivity contribution is -0.140. The van der Waals surface area contributed by atoms with Gasteiger partial charge in [0, 0.05) is 37.3 Å². The van der Waals surface area contributed by atoms with Gasteiger partial charge in [0.1, 0.15) is 23.5 Å². The number of ether oxygens (including phenoxy) is 2. The van der Waals surface area contributed by atoms with E-state index in [1.54, 1.807) is 19.2 Å². The Morgan fingerprint density at radius 2 is 1.73 bits per heavy atom. The molecule has 210 valence electrons. The third-order valence-corrected chi connectivity index (χ3v) is 6.81. The van der Waals surface area contributed by atoms with Crippen molar-refractivity contribution < 1.29 is 22.6 Å². The second kappa shape index (κ2) is 10.7. The van der Waals surface area contributed by atoms with E-state index < -0.39 is 11.9 Å². The van der Waals surface area contributed by atoms with Crippen molar-refractivity contribution >= 4 is 5.69 Å². The van der Waals surface area contributed by atoms with E-state index >= 15 is 0 Å². The fourth-order valence-corrected chi connectivity index (χ4v) is 4.61. The number of anilines is 1. The van der Waals surface area contributed by atoms with Gasteiger partial charge in [-0.25, -0.2) is 15.0 Å². The maximum absolute atomic E-state index is 13.3. The van der Waals surface area contributed by atoms with Crippen LogP contribution in [0.25, 0.3) is 22.6 Å². The molecule has 0 radical (unpaired) electrons. The van der Waals surface area contributed by atoms with Crippen molar-refractivity contribution in [3.05, 3.63) is 59.8 Å². The molecule has 1 aliphatic carbocycles. The Morgan fingerprint density at radius 1 is 1.02 bits per heavy atom. The number of hydrogen-bond acceptors (Lipinski definition) is 8. The molecule has 40 heavy (non-hydrogen) atoms. The smallest absolute Gasteiger partial charge is 0.434 e. The van der Waals surface area contributed by atoms with Crippen LogP contribution in [-0.2, 0) is 12.7 Å². The van der Waals surface area contributed by atoms with Crippen LogP contribution in [-0.4, -0.2) is 51.0 Å². The maximum Gasteiger partial charge on any atom is 0.434 e. The molecule has 0 bridgehead atoms. The van der Waals surface area contributed by atoms with Crippen molar-refractivity contribution in [2.24, 2.45) is 0 Å². The summed E-state index contributed by atoms with van der Waals surface area (Å²) in [5.74, 6) is 1.41. The molecule has 9 nitrogen and oxygen atoms in total. The number of nitrogens with zero attached hydrogens (tertiary/aromatic N) is 7. The van der Waals surface area contributed by atoms with Gasteiger partial charge >= 0.3 is 6.18 Å². The van der Waals surface area contributed by atoms with Gasteiger partial charge in [-0.3, -0.25) is 0 Å². The van der Waals surface area contributed by atoms with Crippen molar-refractivity contribution in [2.45, 2.75) is 51.4 Å². The highest BCUT2D eigenvalue weighted by molar-refractivity contribution is 5.73. The Kier molecular flexibility index (Phi) is 7.35. The quantitative estimate of drug-likeness (QED) is 0.252. The Hall–Kier alpha value is -4.22. The van der Waals surface area contributed by atoms with Gasteiger partial charge in [-0.1, -0.05) is 24.3 Å². The lowest BCUT2D eigenvalue weighted by Gasteiger charge is -2.22. The monoisotopic (exact) mass is 553 g/mol. The van der Waals surface area contributed by atoms with Gasteiger partial charge in [0.05, 0.1) is 25.5 Å². The van der Waals surface area contributed by atoms with E-state index in [4.69, 9.17) is 9.47 Å². The molecular weight excluding hydrogens is 523 g/mol. The molecule has 5 rings (SSSR count). The van der Waals surface area contributed by atoms with Gasteiger partial charge in [-0.2, -0.15) is 13.2 Å². The fourth-order valence-electron chi connectivity index (χ4n) is 4.61. The number of hydrogen-bond donors (Lipinski definition) is 0. The first-order chi connectivity index (χ1) is 19.1. The third-order valence-electron chi connectivity index (χ3n) is 6.81. The normalized spacial score (nSPS) is 13.5. The van der Waals surface area contributed by atoms with Crippen molar-refractivity contribution in [3.63, 3.8) is 0 Å². The van der Waals surface area contributed by atoms with Gasteiger partial charge in [-0.15, -0.1) is 10.2 Å². The number of benzene rings is 1. The minimum absolute atomic E-state index is 0.181. The van der Waals surface area contributed by atoms with Gasteiger partial charge in [0.2, 0.25) is 5.88 Å². The zero-order chi connectivity index (χ0) is 28.6. The number of methoxy groups -OCH3 is 2. The number of halogens is 3. The van der Waals surface area contributed by atoms with E-state index in [0.717, 1.165) is 35.9 Å². The molecule has 0 spiro atoms. The first-order valence-electron chi connectivity index (χ1n) is 12.9. The van der Waals surface area contributed by atoms with Crippen LogP contribution in [0.4, 0.5) is 18.9 Å². The van der Waals surface area contributed by atoms with Crippen LogP contribution in [0, 0.1) is 0 Å². The van der Waals surface area contributed by atoms with Gasteiger partial charge in [0.15, 0.2) is 5.69 Å². The van der Waals surface area contributed by atoms with E-state index in [9.17, 15) is 13.2 Å². The first kappa shape index (κ1) is 27.4. The molecule has 0 aliphatic heterocycles. The lowest BCUT2D eigenvalue weighted by Crippen LogP contribution is -2.18. The van der Waals surface area contributed by atoms with Crippen LogP contribution in [0.15, 0.2) is 42.9 Å². The summed E-state index contributed by atoms with van der Waals surface area (Å²) in [6.45, 7) is 4.12. The number of rotatable bonds is 9. The molecule has 0 N–H and O–H groups in total. The van der Waals surface area contributed by atoms with E-state index in [-0.39, 0.29) is 11.9 Å². The fraction of sp³-hybridized carbons (Fsp3) is 0.393. The predicted octanol–water partition coefficient (Wildman–Crippen LogP) is 5.93. The van der Waals surface area contributed by atoms with Crippen molar-refractivity contribution in [3.8, 4) is 34.4 Å². The van der Waals surface area contributed by atoms with Crippen LogP contribution < -0.4 is 14.4 Å². The summed E-state index contributed by atoms with van der Waals surface area (Å²) in [5.41, 5.74) is 3.53. The lowest BCUT2D eigenvalue weighted by atomic mass is 10.1. The highest BCUT2D eigenvalue weighted by Crippen LogP contribution is 2.46. The molecule has 3 heterocycles. The van der Waals surface area contributed by atoms with Crippen LogP contribution in [0.5, 0.6) is 11.8 Å². The van der Waals surface area contributed by atoms with Gasteiger partial charge in [-0.05, 0) is 38.3 Å². The summed E-state index contributed by atoms with van der Waals surface area (Å²) >= 11 is 0. The molecule has 0 saturated heterocycles. The van der Waals surface area contributed by atoms with Crippen LogP contribution in [0.2, 0.25) is 0 Å². The number of imidazole rings is 1. The first-order valence-corrected chi connectivity index (χ1v) is 12.9. The number of aromatic nitrogens is 6. The Morgan fingerprint density at radius 3 is 2.33 bits per heavy atom. The zero-order valence-electron chi connectivity index (χ0n) is 22.9. The molecule has 1 fully saturated rings. The topological polar surface area (TPSA) is 91.1 Å². The molecule has 0 amide bonds. The second-order valence-corrected chi connectivity index (χ2v) is 10.0. The summed E-state index contributed by atoms with van der Waals surface area (Å²) in [7, 11) is 5.00. The summed E-state index contributed by atoms with van der Waals surface area (Å²) < 4.78 is 52.5. The second-order valence-electron chi connectivity index (χ2n) is 10.0. The summed E-state index contributed by atoms with van der Waals surface area (Å²) in [6, 6.07) is 9.02. The summed E-state index contributed by atoms with van der Waals surface area (Å²) in [6.07, 6.45) is 0.150. The third kappa shape index (κ3) is 5.43. The predicted molar refractivity (Wildman–Crippen MR) is 143 cm³/mol. The van der Waals surface area contributed by atoms with Gasteiger partial charge < -0.3 is 18.9 Å². The van der Waals surface area contributed by atoms with Crippen molar-refractivity contribution in [1.29, 1.82) is 0 Å². The van der Waals surface area contributed by atoms with E-state index in [0.29, 0.717) is 41.2 Å². The molecule has 3 aromatic heterocycles. The van der Waals surface area contributed by atoms with Crippen LogP contribution in [0.3, 0.4) is 0 Å². The van der Waals surface area contributed by atoms with Gasteiger partial charge in [0.25, 0.3) is 5.88 Å². The Labute approximate surface area is 230 Å². The number of alkyl halides is 3. The average molecular weight is 554 g/mol. The van der Waals surface area contributed by atoms with E-state index in [1.807, 2.05) is 44.0 Å². The largest absolute Gasteiger partial charge is 0.480 e. The molecular formula is C28H30F3N7O2. The molecule has 1 aliphatic rings. The molecule has 4 aromatic rings. The average Bonchev–Trinajstić information content (AvgIpc) is 3.68. The summed E-state index contributed by atoms with van der Waals surface area (Å²) in [5, 5.41) is 8.69. The molecule has 0 atom stereocenters. The van der Waals surface area contributed by atoms with E-state index in [1.165, 1.54) is 18.0 Å². The minimum atomic E-state index is -4.51. The molecule has 12 heteroatoms. The van der Waals surface area contributed by atoms with Crippen LogP contribution >= 0.6 is 0 Å².